The van der Waals surface area contributed by atoms with Crippen molar-refractivity contribution in [3.05, 3.63) is 46.9 Å². The van der Waals surface area contributed by atoms with Crippen molar-refractivity contribution >= 4 is 27.5 Å². The third-order valence-corrected chi connectivity index (χ3v) is 4.53. The Balaban J connectivity index is 1.86. The summed E-state index contributed by atoms with van der Waals surface area (Å²) in [4.78, 5) is 26.4. The van der Waals surface area contributed by atoms with Crippen LogP contribution < -0.4 is 10.1 Å². The standard InChI is InChI=1S/C16H16N4O2S/c1-3-22-15-12-10(2)13(23-16(12)20-9-19-15)14(21)18-8-11-6-4-5-7-17-11/h4-7,9H,3,8H2,1-2H3,(H,18,21). The van der Waals surface area contributed by atoms with E-state index in [1.54, 1.807) is 6.20 Å². The molecular formula is C16H16N4O2S. The van der Waals surface area contributed by atoms with Gasteiger partial charge in [0.1, 0.15) is 11.2 Å². The lowest BCUT2D eigenvalue weighted by Crippen LogP contribution is -2.22. The number of carbonyl (C=O) groups excluding carboxylic acids is 1. The fourth-order valence-electron chi connectivity index (χ4n) is 2.26. The summed E-state index contributed by atoms with van der Waals surface area (Å²) in [5, 5.41) is 3.70. The van der Waals surface area contributed by atoms with E-state index in [9.17, 15) is 4.79 Å². The molecule has 0 saturated carbocycles. The van der Waals surface area contributed by atoms with Crippen molar-refractivity contribution in [1.29, 1.82) is 0 Å². The highest BCUT2D eigenvalue weighted by molar-refractivity contribution is 7.20. The van der Waals surface area contributed by atoms with Gasteiger partial charge in [0.15, 0.2) is 0 Å². The number of aryl methyl sites for hydroxylation is 1. The lowest BCUT2D eigenvalue weighted by molar-refractivity contribution is 0.0954. The first kappa shape index (κ1) is 15.4. The third-order valence-electron chi connectivity index (χ3n) is 3.34. The van der Waals surface area contributed by atoms with E-state index in [1.807, 2.05) is 32.0 Å². The normalized spacial score (nSPS) is 10.7. The van der Waals surface area contributed by atoms with Gasteiger partial charge in [-0.1, -0.05) is 6.07 Å². The van der Waals surface area contributed by atoms with Crippen molar-refractivity contribution in [3.8, 4) is 5.88 Å². The van der Waals surface area contributed by atoms with Crippen LogP contribution >= 0.6 is 11.3 Å². The molecule has 0 spiro atoms. The molecule has 1 amide bonds. The van der Waals surface area contributed by atoms with Crippen LogP contribution in [0.25, 0.3) is 10.2 Å². The minimum atomic E-state index is -0.140. The van der Waals surface area contributed by atoms with Gasteiger partial charge in [-0.15, -0.1) is 11.3 Å². The van der Waals surface area contributed by atoms with Crippen LogP contribution in [-0.2, 0) is 6.54 Å². The van der Waals surface area contributed by atoms with Crippen LogP contribution in [0.3, 0.4) is 0 Å². The predicted molar refractivity (Wildman–Crippen MR) is 88.7 cm³/mol. The van der Waals surface area contributed by atoms with E-state index in [0.29, 0.717) is 23.9 Å². The van der Waals surface area contributed by atoms with E-state index >= 15 is 0 Å². The van der Waals surface area contributed by atoms with Crippen molar-refractivity contribution in [1.82, 2.24) is 20.3 Å². The maximum absolute atomic E-state index is 12.5. The minimum Gasteiger partial charge on any atom is -0.477 e. The zero-order valence-corrected chi connectivity index (χ0v) is 13.7. The van der Waals surface area contributed by atoms with Gasteiger partial charge in [0, 0.05) is 6.20 Å². The molecule has 0 fully saturated rings. The number of fused-ring (bicyclic) bond motifs is 1. The third kappa shape index (κ3) is 3.14. The van der Waals surface area contributed by atoms with Gasteiger partial charge in [0.05, 0.1) is 29.1 Å². The first-order valence-electron chi connectivity index (χ1n) is 7.25. The van der Waals surface area contributed by atoms with Gasteiger partial charge in [-0.3, -0.25) is 9.78 Å². The molecule has 3 rings (SSSR count). The Hall–Kier alpha value is -2.54. The van der Waals surface area contributed by atoms with Gasteiger partial charge < -0.3 is 10.1 Å². The molecule has 7 heteroatoms. The molecule has 0 unspecified atom stereocenters. The molecular weight excluding hydrogens is 312 g/mol. The van der Waals surface area contributed by atoms with Crippen molar-refractivity contribution in [2.75, 3.05) is 6.61 Å². The number of carbonyl (C=O) groups is 1. The second-order valence-corrected chi connectivity index (χ2v) is 5.85. The molecule has 0 saturated heterocycles. The molecule has 1 N–H and O–H groups in total. The molecule has 3 aromatic heterocycles. The van der Waals surface area contributed by atoms with E-state index in [2.05, 4.69) is 20.3 Å². The number of ether oxygens (including phenoxy) is 1. The largest absolute Gasteiger partial charge is 0.477 e. The van der Waals surface area contributed by atoms with Gasteiger partial charge in [-0.2, -0.15) is 0 Å². The van der Waals surface area contributed by atoms with Crippen molar-refractivity contribution in [2.45, 2.75) is 20.4 Å². The number of hydrogen-bond donors (Lipinski definition) is 1. The topological polar surface area (TPSA) is 77.0 Å². The maximum atomic E-state index is 12.5. The quantitative estimate of drug-likeness (QED) is 0.779. The highest BCUT2D eigenvalue weighted by Crippen LogP contribution is 2.34. The van der Waals surface area contributed by atoms with E-state index in [-0.39, 0.29) is 5.91 Å². The highest BCUT2D eigenvalue weighted by Gasteiger charge is 2.19. The number of rotatable bonds is 5. The number of aromatic nitrogens is 3. The molecule has 3 aromatic rings. The van der Waals surface area contributed by atoms with Crippen LogP contribution in [0.5, 0.6) is 5.88 Å². The summed E-state index contributed by atoms with van der Waals surface area (Å²) in [6.45, 7) is 4.69. The molecule has 0 aromatic carbocycles. The second-order valence-electron chi connectivity index (χ2n) is 4.85. The number of pyridine rings is 1. The van der Waals surface area contributed by atoms with Crippen LogP contribution in [0.15, 0.2) is 30.7 Å². The van der Waals surface area contributed by atoms with Crippen molar-refractivity contribution in [3.63, 3.8) is 0 Å². The lowest BCUT2D eigenvalue weighted by atomic mass is 10.2. The Bertz CT molecular complexity index is 833. The first-order valence-corrected chi connectivity index (χ1v) is 8.07. The van der Waals surface area contributed by atoms with Gasteiger partial charge in [-0.05, 0) is 31.5 Å². The first-order chi connectivity index (χ1) is 11.2. The summed E-state index contributed by atoms with van der Waals surface area (Å²) in [7, 11) is 0. The van der Waals surface area contributed by atoms with E-state index in [4.69, 9.17) is 4.74 Å². The van der Waals surface area contributed by atoms with E-state index < -0.39 is 0 Å². The Morgan fingerprint density at radius 2 is 2.17 bits per heavy atom. The Labute approximate surface area is 137 Å². The summed E-state index contributed by atoms with van der Waals surface area (Å²) >= 11 is 1.34. The zero-order valence-electron chi connectivity index (χ0n) is 12.9. The second kappa shape index (κ2) is 6.70. The van der Waals surface area contributed by atoms with Crippen LogP contribution in [0.2, 0.25) is 0 Å². The highest BCUT2D eigenvalue weighted by atomic mass is 32.1. The monoisotopic (exact) mass is 328 g/mol. The average molecular weight is 328 g/mol. The van der Waals surface area contributed by atoms with Crippen molar-refractivity contribution < 1.29 is 9.53 Å². The molecule has 118 valence electrons. The Morgan fingerprint density at radius 3 is 2.91 bits per heavy atom. The number of nitrogens with zero attached hydrogens (tertiary/aromatic N) is 3. The van der Waals surface area contributed by atoms with Crippen LogP contribution in [0, 0.1) is 6.92 Å². The molecule has 6 nitrogen and oxygen atoms in total. The number of amides is 1. The molecule has 0 radical (unpaired) electrons. The maximum Gasteiger partial charge on any atom is 0.262 e. The molecule has 3 heterocycles. The average Bonchev–Trinajstić information content (AvgIpc) is 2.92. The Morgan fingerprint density at radius 1 is 1.30 bits per heavy atom. The van der Waals surface area contributed by atoms with Gasteiger partial charge in [-0.25, -0.2) is 9.97 Å². The molecule has 0 aliphatic carbocycles. The summed E-state index contributed by atoms with van der Waals surface area (Å²) in [6, 6.07) is 5.61. The number of thiophene rings is 1. The number of nitrogens with one attached hydrogen (secondary N) is 1. The lowest BCUT2D eigenvalue weighted by Gasteiger charge is -2.05. The smallest absolute Gasteiger partial charge is 0.262 e. The molecule has 0 atom stereocenters. The van der Waals surface area contributed by atoms with Gasteiger partial charge >= 0.3 is 0 Å². The number of hydrogen-bond acceptors (Lipinski definition) is 6. The SMILES string of the molecule is CCOc1ncnc2sc(C(=O)NCc3ccccn3)c(C)c12. The van der Waals surface area contributed by atoms with E-state index in [1.165, 1.54) is 17.7 Å². The fourth-order valence-corrected chi connectivity index (χ4v) is 3.31. The van der Waals surface area contributed by atoms with Crippen molar-refractivity contribution in [2.24, 2.45) is 0 Å². The molecule has 23 heavy (non-hydrogen) atoms. The van der Waals surface area contributed by atoms with Crippen LogP contribution in [-0.4, -0.2) is 27.5 Å². The van der Waals surface area contributed by atoms with E-state index in [0.717, 1.165) is 21.5 Å². The zero-order chi connectivity index (χ0) is 16.2. The summed E-state index contributed by atoms with van der Waals surface area (Å²) in [5.41, 5.74) is 1.65. The summed E-state index contributed by atoms with van der Waals surface area (Å²) in [6.07, 6.45) is 3.16. The molecule has 0 aliphatic heterocycles. The fraction of sp³-hybridized carbons (Fsp3) is 0.250. The summed E-state index contributed by atoms with van der Waals surface area (Å²) < 4.78 is 5.54. The minimum absolute atomic E-state index is 0.140. The predicted octanol–water partition coefficient (Wildman–Crippen LogP) is 2.72. The van der Waals surface area contributed by atoms with Gasteiger partial charge in [0.25, 0.3) is 5.91 Å². The van der Waals surface area contributed by atoms with Gasteiger partial charge in [0.2, 0.25) is 5.88 Å². The van der Waals surface area contributed by atoms with Crippen LogP contribution in [0.1, 0.15) is 27.9 Å². The summed E-state index contributed by atoms with van der Waals surface area (Å²) in [5.74, 6) is 0.383. The molecule has 0 bridgehead atoms. The molecule has 0 aliphatic rings. The van der Waals surface area contributed by atoms with Crippen LogP contribution in [0.4, 0.5) is 0 Å². The Kier molecular flexibility index (Phi) is 4.47.